The molecule has 1 nitrogen and oxygen atoms in total. The maximum absolute atomic E-state index is 6.18. The van der Waals surface area contributed by atoms with Crippen LogP contribution in [0.25, 0.3) is 0 Å². The van der Waals surface area contributed by atoms with Crippen molar-refractivity contribution in [1.29, 1.82) is 0 Å². The number of halogens is 1. The van der Waals surface area contributed by atoms with E-state index in [1.807, 2.05) is 6.07 Å². The molecule has 0 spiro atoms. The Balaban J connectivity index is 2.17. The highest BCUT2D eigenvalue weighted by Gasteiger charge is 2.41. The molecule has 1 aromatic rings. The highest BCUT2D eigenvalue weighted by molar-refractivity contribution is 6.31. The van der Waals surface area contributed by atoms with Gasteiger partial charge in [-0.1, -0.05) is 23.7 Å². The first kappa shape index (κ1) is 10.0. The van der Waals surface area contributed by atoms with Crippen LogP contribution in [0.2, 0.25) is 5.02 Å². The molecule has 1 aliphatic rings. The zero-order chi connectivity index (χ0) is 10.2. The molecule has 2 heteroatoms. The van der Waals surface area contributed by atoms with Crippen LogP contribution in [0.3, 0.4) is 0 Å². The van der Waals surface area contributed by atoms with E-state index in [1.165, 1.54) is 24.0 Å². The van der Waals surface area contributed by atoms with Crippen molar-refractivity contribution in [2.24, 2.45) is 11.1 Å². The third-order valence-corrected chi connectivity index (χ3v) is 3.52. The lowest BCUT2D eigenvalue weighted by Crippen LogP contribution is -2.18. The van der Waals surface area contributed by atoms with Gasteiger partial charge in [0.15, 0.2) is 0 Å². The van der Waals surface area contributed by atoms with Crippen molar-refractivity contribution in [2.75, 3.05) is 6.54 Å². The van der Waals surface area contributed by atoms with E-state index in [1.54, 1.807) is 0 Å². The lowest BCUT2D eigenvalue weighted by atomic mass is 9.96. The topological polar surface area (TPSA) is 26.0 Å². The van der Waals surface area contributed by atoms with Crippen molar-refractivity contribution in [3.63, 3.8) is 0 Å². The second-order valence-corrected chi connectivity index (χ2v) is 4.88. The van der Waals surface area contributed by atoms with Gasteiger partial charge in [-0.05, 0) is 55.3 Å². The van der Waals surface area contributed by atoms with Crippen LogP contribution in [0.15, 0.2) is 18.2 Å². The maximum Gasteiger partial charge on any atom is 0.0440 e. The number of aryl methyl sites for hydroxylation is 1. The summed E-state index contributed by atoms with van der Waals surface area (Å²) in [5, 5.41) is 0.893. The molecule has 0 saturated heterocycles. The molecule has 0 amide bonds. The van der Waals surface area contributed by atoms with Gasteiger partial charge in [0.1, 0.15) is 0 Å². The molecule has 0 bridgehead atoms. The van der Waals surface area contributed by atoms with Crippen molar-refractivity contribution in [1.82, 2.24) is 0 Å². The molecule has 0 unspecified atom stereocenters. The van der Waals surface area contributed by atoms with Gasteiger partial charge >= 0.3 is 0 Å². The Hall–Kier alpha value is -0.530. The second-order valence-electron chi connectivity index (χ2n) is 4.48. The SMILES string of the molecule is Cc1ccc(CC2(CN)CC2)c(Cl)c1. The quantitative estimate of drug-likeness (QED) is 0.814. The highest BCUT2D eigenvalue weighted by Crippen LogP contribution is 2.48. The Morgan fingerprint density at radius 3 is 2.64 bits per heavy atom. The van der Waals surface area contributed by atoms with Gasteiger partial charge in [0.2, 0.25) is 0 Å². The summed E-state index contributed by atoms with van der Waals surface area (Å²) in [5.74, 6) is 0. The predicted octanol–water partition coefficient (Wildman–Crippen LogP) is 2.93. The number of nitrogens with two attached hydrogens (primary N) is 1. The van der Waals surface area contributed by atoms with Gasteiger partial charge in [-0.25, -0.2) is 0 Å². The Kier molecular flexibility index (Phi) is 2.54. The predicted molar refractivity (Wildman–Crippen MR) is 60.6 cm³/mol. The van der Waals surface area contributed by atoms with E-state index in [2.05, 4.69) is 19.1 Å². The molecular formula is C12H16ClN. The largest absolute Gasteiger partial charge is 0.330 e. The molecule has 1 aliphatic carbocycles. The number of hydrogen-bond acceptors (Lipinski definition) is 1. The molecule has 1 saturated carbocycles. The van der Waals surface area contributed by atoms with Gasteiger partial charge in [0.05, 0.1) is 0 Å². The van der Waals surface area contributed by atoms with Crippen LogP contribution in [0.4, 0.5) is 0 Å². The second kappa shape index (κ2) is 3.56. The molecule has 2 rings (SSSR count). The zero-order valence-corrected chi connectivity index (χ0v) is 9.27. The van der Waals surface area contributed by atoms with Gasteiger partial charge in [-0.3, -0.25) is 0 Å². The van der Waals surface area contributed by atoms with Crippen molar-refractivity contribution in [3.05, 3.63) is 34.3 Å². The van der Waals surface area contributed by atoms with Gasteiger partial charge in [0, 0.05) is 5.02 Å². The number of benzene rings is 1. The Morgan fingerprint density at radius 1 is 1.43 bits per heavy atom. The highest BCUT2D eigenvalue weighted by atomic mass is 35.5. The van der Waals surface area contributed by atoms with Crippen LogP contribution in [-0.2, 0) is 6.42 Å². The van der Waals surface area contributed by atoms with E-state index in [-0.39, 0.29) is 0 Å². The summed E-state index contributed by atoms with van der Waals surface area (Å²) in [6.07, 6.45) is 3.56. The molecule has 2 N–H and O–H groups in total. The van der Waals surface area contributed by atoms with Crippen LogP contribution < -0.4 is 5.73 Å². The van der Waals surface area contributed by atoms with Gasteiger partial charge in [-0.15, -0.1) is 0 Å². The minimum atomic E-state index is 0.374. The molecule has 0 atom stereocenters. The van der Waals surface area contributed by atoms with Crippen molar-refractivity contribution in [2.45, 2.75) is 26.2 Å². The minimum absolute atomic E-state index is 0.374. The van der Waals surface area contributed by atoms with E-state index in [0.29, 0.717) is 5.41 Å². The average molecular weight is 210 g/mol. The molecule has 1 aromatic carbocycles. The maximum atomic E-state index is 6.18. The van der Waals surface area contributed by atoms with Crippen LogP contribution in [0.5, 0.6) is 0 Å². The summed E-state index contributed by atoms with van der Waals surface area (Å²) >= 11 is 6.18. The molecular weight excluding hydrogens is 194 g/mol. The lowest BCUT2D eigenvalue weighted by molar-refractivity contribution is 0.521. The third kappa shape index (κ3) is 1.94. The van der Waals surface area contributed by atoms with E-state index < -0.39 is 0 Å². The first-order chi connectivity index (χ1) is 6.65. The monoisotopic (exact) mass is 209 g/mol. The average Bonchev–Trinajstić information content (AvgIpc) is 2.91. The molecule has 0 heterocycles. The third-order valence-electron chi connectivity index (χ3n) is 3.16. The summed E-state index contributed by atoms with van der Waals surface area (Å²) < 4.78 is 0. The summed E-state index contributed by atoms with van der Waals surface area (Å²) in [5.41, 5.74) is 8.60. The summed E-state index contributed by atoms with van der Waals surface area (Å²) in [7, 11) is 0. The van der Waals surface area contributed by atoms with Gasteiger partial charge in [0.25, 0.3) is 0 Å². The molecule has 0 aliphatic heterocycles. The summed E-state index contributed by atoms with van der Waals surface area (Å²) in [4.78, 5) is 0. The normalized spacial score (nSPS) is 18.2. The fraction of sp³-hybridized carbons (Fsp3) is 0.500. The lowest BCUT2D eigenvalue weighted by Gasteiger charge is -2.13. The van der Waals surface area contributed by atoms with Crippen molar-refractivity contribution >= 4 is 11.6 Å². The van der Waals surface area contributed by atoms with Crippen LogP contribution in [0.1, 0.15) is 24.0 Å². The van der Waals surface area contributed by atoms with Crippen molar-refractivity contribution in [3.8, 4) is 0 Å². The smallest absolute Gasteiger partial charge is 0.0440 e. The molecule has 0 aromatic heterocycles. The van der Waals surface area contributed by atoms with E-state index >= 15 is 0 Å². The van der Waals surface area contributed by atoms with E-state index in [9.17, 15) is 0 Å². The van der Waals surface area contributed by atoms with Crippen LogP contribution in [-0.4, -0.2) is 6.54 Å². The fourth-order valence-corrected chi connectivity index (χ4v) is 2.13. The Labute approximate surface area is 90.3 Å². The molecule has 76 valence electrons. The zero-order valence-electron chi connectivity index (χ0n) is 8.52. The van der Waals surface area contributed by atoms with Crippen LogP contribution >= 0.6 is 11.6 Å². The Bertz CT molecular complexity index is 342. The fourth-order valence-electron chi connectivity index (χ4n) is 1.83. The first-order valence-electron chi connectivity index (χ1n) is 5.10. The summed E-state index contributed by atoms with van der Waals surface area (Å²) in [6, 6.07) is 6.28. The van der Waals surface area contributed by atoms with Gasteiger partial charge in [-0.2, -0.15) is 0 Å². The van der Waals surface area contributed by atoms with Crippen LogP contribution in [0, 0.1) is 12.3 Å². The van der Waals surface area contributed by atoms with E-state index in [0.717, 1.165) is 18.0 Å². The number of rotatable bonds is 3. The van der Waals surface area contributed by atoms with E-state index in [4.69, 9.17) is 17.3 Å². The van der Waals surface area contributed by atoms with Crippen molar-refractivity contribution < 1.29 is 0 Å². The minimum Gasteiger partial charge on any atom is -0.330 e. The Morgan fingerprint density at radius 2 is 2.14 bits per heavy atom. The number of hydrogen-bond donors (Lipinski definition) is 1. The molecule has 14 heavy (non-hydrogen) atoms. The standard InChI is InChI=1S/C12H16ClN/c1-9-2-3-10(11(13)6-9)7-12(8-14)4-5-12/h2-3,6H,4-5,7-8,14H2,1H3. The molecule has 0 radical (unpaired) electrons. The summed E-state index contributed by atoms with van der Waals surface area (Å²) in [6.45, 7) is 2.85. The van der Waals surface area contributed by atoms with Gasteiger partial charge < -0.3 is 5.73 Å². The first-order valence-corrected chi connectivity index (χ1v) is 5.48. The molecule has 1 fully saturated rings.